The van der Waals surface area contributed by atoms with E-state index in [1.54, 1.807) is 6.08 Å². The lowest BCUT2D eigenvalue weighted by Crippen LogP contribution is -1.93. The number of unbranched alkanes of at least 4 members (excludes halogenated alkanes) is 1. The number of carboxylic acids is 1. The third kappa shape index (κ3) is 12.7. The van der Waals surface area contributed by atoms with E-state index in [2.05, 4.69) is 6.58 Å². The predicted molar refractivity (Wildman–Crippen MR) is 70.5 cm³/mol. The fourth-order valence-corrected chi connectivity index (χ4v) is 1.19. The van der Waals surface area contributed by atoms with Crippen LogP contribution in [0.15, 0.2) is 36.5 Å². The van der Waals surface area contributed by atoms with Crippen LogP contribution in [0.4, 0.5) is 0 Å². The Bertz CT molecular complexity index is 237. The van der Waals surface area contributed by atoms with Gasteiger partial charge in [-0.15, -0.1) is 0 Å². The molecule has 0 spiro atoms. The smallest absolute Gasteiger partial charge is 0.303 e. The van der Waals surface area contributed by atoms with Gasteiger partial charge in [0.2, 0.25) is 0 Å². The van der Waals surface area contributed by atoms with Crippen molar-refractivity contribution in [1.82, 2.24) is 0 Å². The quantitative estimate of drug-likeness (QED) is 0.515. The highest BCUT2D eigenvalue weighted by Crippen LogP contribution is 2.10. The Hall–Kier alpha value is -1.31. The van der Waals surface area contributed by atoms with Crippen LogP contribution in [-0.4, -0.2) is 11.1 Å². The van der Waals surface area contributed by atoms with Gasteiger partial charge in [-0.2, -0.15) is 0 Å². The second-order valence-electron chi connectivity index (χ2n) is 3.08. The highest BCUT2D eigenvalue weighted by molar-refractivity contribution is 5.66. The number of hydrogen-bond donors (Lipinski definition) is 1. The average Bonchev–Trinajstić information content (AvgIpc) is 2.27. The first-order valence-corrected chi connectivity index (χ1v) is 5.86. The zero-order valence-corrected chi connectivity index (χ0v) is 10.7. The predicted octanol–water partition coefficient (Wildman–Crippen LogP) is 4.35. The maximum atomic E-state index is 10.3. The van der Waals surface area contributed by atoms with E-state index in [0.717, 1.165) is 19.3 Å². The van der Waals surface area contributed by atoms with Crippen LogP contribution in [0.2, 0.25) is 0 Å². The lowest BCUT2D eigenvalue weighted by atomic mass is 10.1. The van der Waals surface area contributed by atoms with Crippen LogP contribution in [0.5, 0.6) is 0 Å². The molecule has 0 atom stereocenters. The van der Waals surface area contributed by atoms with Crippen LogP contribution in [-0.2, 0) is 4.79 Å². The molecule has 0 radical (unpaired) electrons. The zero-order chi connectivity index (χ0) is 12.8. The van der Waals surface area contributed by atoms with Crippen molar-refractivity contribution in [3.05, 3.63) is 36.5 Å². The highest BCUT2D eigenvalue weighted by Gasteiger charge is 1.97. The second-order valence-corrected chi connectivity index (χ2v) is 3.08. The summed E-state index contributed by atoms with van der Waals surface area (Å²) in [6.07, 6.45) is 10.6. The zero-order valence-electron chi connectivity index (χ0n) is 10.7. The van der Waals surface area contributed by atoms with E-state index >= 15 is 0 Å². The minimum Gasteiger partial charge on any atom is -0.481 e. The molecule has 0 heterocycles. The second kappa shape index (κ2) is 13.7. The lowest BCUT2D eigenvalue weighted by molar-refractivity contribution is -0.137. The van der Waals surface area contributed by atoms with Crippen LogP contribution >= 0.6 is 0 Å². The summed E-state index contributed by atoms with van der Waals surface area (Å²) in [5, 5.41) is 8.44. The maximum absolute atomic E-state index is 10.3. The Balaban J connectivity index is 0. The SMILES string of the molecule is C=C/C=C(\C=C/C)CCCCC(=O)O.CC. The van der Waals surface area contributed by atoms with Gasteiger partial charge >= 0.3 is 5.97 Å². The normalized spacial score (nSPS) is 10.8. The largest absolute Gasteiger partial charge is 0.481 e. The van der Waals surface area contributed by atoms with Gasteiger partial charge in [0.05, 0.1) is 0 Å². The molecule has 0 saturated heterocycles. The summed E-state index contributed by atoms with van der Waals surface area (Å²) in [5.74, 6) is -0.717. The molecule has 0 aliphatic carbocycles. The molecule has 16 heavy (non-hydrogen) atoms. The van der Waals surface area contributed by atoms with Gasteiger partial charge in [0, 0.05) is 6.42 Å². The molecular formula is C14H24O2. The summed E-state index contributed by atoms with van der Waals surface area (Å²) >= 11 is 0. The van der Waals surface area contributed by atoms with Crippen molar-refractivity contribution in [2.75, 3.05) is 0 Å². The maximum Gasteiger partial charge on any atom is 0.303 e. The van der Waals surface area contributed by atoms with Crippen LogP contribution in [0.1, 0.15) is 46.5 Å². The first kappa shape index (κ1) is 17.1. The van der Waals surface area contributed by atoms with E-state index in [-0.39, 0.29) is 6.42 Å². The van der Waals surface area contributed by atoms with Crippen molar-refractivity contribution in [2.45, 2.75) is 46.5 Å². The van der Waals surface area contributed by atoms with Crippen molar-refractivity contribution in [1.29, 1.82) is 0 Å². The van der Waals surface area contributed by atoms with Gasteiger partial charge in [-0.1, -0.05) is 44.7 Å². The molecule has 92 valence electrons. The number of allylic oxidation sites excluding steroid dienone is 5. The van der Waals surface area contributed by atoms with E-state index in [4.69, 9.17) is 5.11 Å². The van der Waals surface area contributed by atoms with E-state index in [1.165, 1.54) is 5.57 Å². The molecule has 0 aromatic carbocycles. The van der Waals surface area contributed by atoms with Gasteiger partial charge in [0.1, 0.15) is 0 Å². The molecular weight excluding hydrogens is 200 g/mol. The van der Waals surface area contributed by atoms with Crippen molar-refractivity contribution < 1.29 is 9.90 Å². The van der Waals surface area contributed by atoms with Crippen LogP contribution in [0.25, 0.3) is 0 Å². The van der Waals surface area contributed by atoms with Crippen molar-refractivity contribution in [3.8, 4) is 0 Å². The third-order valence-electron chi connectivity index (χ3n) is 1.82. The number of aliphatic carboxylic acids is 1. The van der Waals surface area contributed by atoms with Crippen molar-refractivity contribution in [3.63, 3.8) is 0 Å². The molecule has 0 aliphatic rings. The molecule has 0 saturated carbocycles. The summed E-state index contributed by atoms with van der Waals surface area (Å²) in [6, 6.07) is 0. The Morgan fingerprint density at radius 1 is 1.25 bits per heavy atom. The van der Waals surface area contributed by atoms with Gasteiger partial charge in [0.15, 0.2) is 0 Å². The van der Waals surface area contributed by atoms with Gasteiger partial charge in [-0.25, -0.2) is 0 Å². The van der Waals surface area contributed by atoms with Crippen LogP contribution in [0.3, 0.4) is 0 Å². The Labute approximate surface area is 99.4 Å². The standard InChI is InChI=1S/C12H18O2.C2H6/c1-3-7-11(8-4-2)9-5-6-10-12(13)14;1-2/h3-4,7-8H,1,5-6,9-10H2,2H3,(H,13,14);1-2H3/b8-4-,11-7+;. The van der Waals surface area contributed by atoms with E-state index in [9.17, 15) is 4.79 Å². The van der Waals surface area contributed by atoms with Crippen molar-refractivity contribution >= 4 is 5.97 Å². The Morgan fingerprint density at radius 2 is 1.81 bits per heavy atom. The molecule has 0 aromatic heterocycles. The summed E-state index contributed by atoms with van der Waals surface area (Å²) in [7, 11) is 0. The minimum absolute atomic E-state index is 0.261. The summed E-state index contributed by atoms with van der Waals surface area (Å²) in [4.78, 5) is 10.3. The minimum atomic E-state index is -0.717. The fraction of sp³-hybridized carbons (Fsp3) is 0.500. The molecule has 0 aliphatic heterocycles. The molecule has 0 rings (SSSR count). The molecule has 0 unspecified atom stereocenters. The Kier molecular flexibility index (Phi) is 14.6. The molecule has 0 fully saturated rings. The summed E-state index contributed by atoms with van der Waals surface area (Å²) < 4.78 is 0. The van der Waals surface area contributed by atoms with Gasteiger partial charge in [0.25, 0.3) is 0 Å². The number of carboxylic acid groups (broad SMARTS) is 1. The first-order chi connectivity index (χ1) is 7.70. The van der Waals surface area contributed by atoms with Gasteiger partial charge in [-0.3, -0.25) is 4.79 Å². The van der Waals surface area contributed by atoms with Gasteiger partial charge < -0.3 is 5.11 Å². The van der Waals surface area contributed by atoms with Crippen LogP contribution < -0.4 is 0 Å². The molecule has 1 N–H and O–H groups in total. The third-order valence-corrected chi connectivity index (χ3v) is 1.82. The monoisotopic (exact) mass is 224 g/mol. The highest BCUT2D eigenvalue weighted by atomic mass is 16.4. The van der Waals surface area contributed by atoms with E-state index in [1.807, 2.05) is 39.0 Å². The molecule has 0 aromatic rings. The topological polar surface area (TPSA) is 37.3 Å². The molecule has 2 heteroatoms. The lowest BCUT2D eigenvalue weighted by Gasteiger charge is -2.00. The number of hydrogen-bond acceptors (Lipinski definition) is 1. The Morgan fingerprint density at radius 3 is 2.25 bits per heavy atom. The first-order valence-electron chi connectivity index (χ1n) is 5.86. The molecule has 0 amide bonds. The molecule has 0 bridgehead atoms. The number of rotatable bonds is 7. The van der Waals surface area contributed by atoms with E-state index < -0.39 is 5.97 Å². The van der Waals surface area contributed by atoms with Crippen LogP contribution in [0, 0.1) is 0 Å². The van der Waals surface area contributed by atoms with Crippen molar-refractivity contribution in [2.24, 2.45) is 0 Å². The number of carbonyl (C=O) groups is 1. The average molecular weight is 224 g/mol. The van der Waals surface area contributed by atoms with Gasteiger partial charge in [-0.05, 0) is 31.8 Å². The summed E-state index contributed by atoms with van der Waals surface area (Å²) in [5.41, 5.74) is 1.20. The fourth-order valence-electron chi connectivity index (χ4n) is 1.19. The molecule has 2 nitrogen and oxygen atoms in total. The van der Waals surface area contributed by atoms with E-state index in [0.29, 0.717) is 0 Å². The summed E-state index contributed by atoms with van der Waals surface area (Å²) in [6.45, 7) is 9.60.